The van der Waals surface area contributed by atoms with Gasteiger partial charge in [0, 0.05) is 44.5 Å². The van der Waals surface area contributed by atoms with E-state index in [4.69, 9.17) is 9.84 Å². The van der Waals surface area contributed by atoms with Crippen molar-refractivity contribution in [3.63, 3.8) is 0 Å². The molecule has 84 valence electrons. The molecule has 0 aliphatic carbocycles. The summed E-state index contributed by atoms with van der Waals surface area (Å²) in [6.45, 7) is 1.87. The Morgan fingerprint density at radius 2 is 2.27 bits per heavy atom. The lowest BCUT2D eigenvalue weighted by Crippen LogP contribution is -2.17. The van der Waals surface area contributed by atoms with E-state index in [1.54, 1.807) is 0 Å². The van der Waals surface area contributed by atoms with Crippen molar-refractivity contribution in [2.24, 2.45) is 7.05 Å². The maximum absolute atomic E-state index is 8.89. The first kappa shape index (κ1) is 10.6. The lowest BCUT2D eigenvalue weighted by molar-refractivity contribution is 0.0839. The highest BCUT2D eigenvalue weighted by atomic mass is 16.5. The van der Waals surface area contributed by atoms with Gasteiger partial charge in [-0.3, -0.25) is 0 Å². The summed E-state index contributed by atoms with van der Waals surface area (Å²) in [5.74, 6) is 1.54. The van der Waals surface area contributed by atoms with Crippen molar-refractivity contribution in [1.29, 1.82) is 0 Å². The molecule has 0 atom stereocenters. The summed E-state index contributed by atoms with van der Waals surface area (Å²) in [6.07, 6.45) is 4.75. The molecule has 1 aliphatic heterocycles. The number of aliphatic hydroxyl groups is 1. The van der Waals surface area contributed by atoms with Crippen LogP contribution < -0.4 is 0 Å². The van der Waals surface area contributed by atoms with E-state index in [9.17, 15) is 0 Å². The molecule has 0 radical (unpaired) electrons. The van der Waals surface area contributed by atoms with Gasteiger partial charge in [-0.1, -0.05) is 0 Å². The topological polar surface area (TPSA) is 47.3 Å². The van der Waals surface area contributed by atoms with Gasteiger partial charge in [0.05, 0.1) is 6.61 Å². The van der Waals surface area contributed by atoms with Gasteiger partial charge >= 0.3 is 0 Å². The van der Waals surface area contributed by atoms with E-state index >= 15 is 0 Å². The van der Waals surface area contributed by atoms with E-state index in [0.717, 1.165) is 31.9 Å². The molecule has 4 nitrogen and oxygen atoms in total. The summed E-state index contributed by atoms with van der Waals surface area (Å²) >= 11 is 0. The average Bonchev–Trinajstić information content (AvgIpc) is 2.63. The van der Waals surface area contributed by atoms with E-state index in [1.165, 1.54) is 5.69 Å². The van der Waals surface area contributed by atoms with Crippen molar-refractivity contribution in [2.45, 2.75) is 25.2 Å². The van der Waals surface area contributed by atoms with Gasteiger partial charge in [0.1, 0.15) is 5.82 Å². The lowest BCUT2D eigenvalue weighted by Gasteiger charge is -2.22. The second-order valence-corrected chi connectivity index (χ2v) is 4.02. The minimum atomic E-state index is 0.165. The van der Waals surface area contributed by atoms with Gasteiger partial charge in [0.2, 0.25) is 0 Å². The zero-order valence-corrected chi connectivity index (χ0v) is 9.15. The van der Waals surface area contributed by atoms with Crippen molar-refractivity contribution in [3.05, 3.63) is 17.7 Å². The summed E-state index contributed by atoms with van der Waals surface area (Å²) in [5.41, 5.74) is 1.28. The summed E-state index contributed by atoms with van der Waals surface area (Å²) in [6, 6.07) is 0. The van der Waals surface area contributed by atoms with Crippen LogP contribution in [0, 0.1) is 0 Å². The fourth-order valence-electron chi connectivity index (χ4n) is 2.17. The van der Waals surface area contributed by atoms with Gasteiger partial charge in [0.25, 0.3) is 0 Å². The molecule has 2 rings (SSSR count). The quantitative estimate of drug-likeness (QED) is 0.804. The Hall–Kier alpha value is -0.870. The monoisotopic (exact) mass is 210 g/mol. The molecular weight excluding hydrogens is 192 g/mol. The largest absolute Gasteiger partial charge is 0.396 e. The first-order valence-corrected chi connectivity index (χ1v) is 5.52. The molecular formula is C11H18N2O2. The van der Waals surface area contributed by atoms with Gasteiger partial charge in [-0.15, -0.1) is 0 Å². The average molecular weight is 210 g/mol. The maximum Gasteiger partial charge on any atom is 0.110 e. The minimum absolute atomic E-state index is 0.165. The number of aliphatic hydroxyl groups excluding tert-OH is 1. The molecule has 1 aromatic rings. The SMILES string of the molecule is Cn1c(C2CCOCC2)cnc1CCO. The number of rotatable bonds is 3. The minimum Gasteiger partial charge on any atom is -0.396 e. The Morgan fingerprint density at radius 3 is 2.93 bits per heavy atom. The van der Waals surface area contributed by atoms with Crippen molar-refractivity contribution >= 4 is 0 Å². The highest BCUT2D eigenvalue weighted by Gasteiger charge is 2.19. The highest BCUT2D eigenvalue weighted by molar-refractivity contribution is 5.11. The third kappa shape index (κ3) is 2.21. The van der Waals surface area contributed by atoms with E-state index < -0.39 is 0 Å². The number of hydrogen-bond donors (Lipinski definition) is 1. The van der Waals surface area contributed by atoms with Crippen LogP contribution in [0.4, 0.5) is 0 Å². The van der Waals surface area contributed by atoms with Crippen LogP contribution in [0.1, 0.15) is 30.3 Å². The fraction of sp³-hybridized carbons (Fsp3) is 0.727. The van der Waals surface area contributed by atoms with Gasteiger partial charge in [0.15, 0.2) is 0 Å². The Bertz CT molecular complexity index is 316. The van der Waals surface area contributed by atoms with Gasteiger partial charge in [-0.25, -0.2) is 4.98 Å². The smallest absolute Gasteiger partial charge is 0.110 e. The third-order valence-corrected chi connectivity index (χ3v) is 3.10. The predicted octanol–water partition coefficient (Wildman–Crippen LogP) is 0.849. The number of aromatic nitrogens is 2. The molecule has 4 heteroatoms. The summed E-state index contributed by atoms with van der Waals surface area (Å²) in [7, 11) is 2.03. The standard InChI is InChI=1S/C11H18N2O2/c1-13-10(8-12-11(13)2-5-14)9-3-6-15-7-4-9/h8-9,14H,2-7H2,1H3. The number of ether oxygens (including phenoxy) is 1. The van der Waals surface area contributed by atoms with E-state index in [2.05, 4.69) is 9.55 Å². The van der Waals surface area contributed by atoms with Crippen LogP contribution in [-0.2, 0) is 18.2 Å². The molecule has 1 aromatic heterocycles. The van der Waals surface area contributed by atoms with Crippen LogP contribution in [0.5, 0.6) is 0 Å². The van der Waals surface area contributed by atoms with Crippen LogP contribution in [0.25, 0.3) is 0 Å². The van der Waals surface area contributed by atoms with E-state index in [-0.39, 0.29) is 6.61 Å². The van der Waals surface area contributed by atoms with Crippen LogP contribution in [0.2, 0.25) is 0 Å². The Kier molecular flexibility index (Phi) is 3.38. The van der Waals surface area contributed by atoms with Crippen LogP contribution in [0.15, 0.2) is 6.20 Å². The maximum atomic E-state index is 8.89. The molecule has 1 saturated heterocycles. The van der Waals surface area contributed by atoms with Crippen LogP contribution in [0.3, 0.4) is 0 Å². The zero-order valence-electron chi connectivity index (χ0n) is 9.15. The van der Waals surface area contributed by atoms with Crippen molar-refractivity contribution < 1.29 is 9.84 Å². The summed E-state index contributed by atoms with van der Waals surface area (Å²) in [4.78, 5) is 4.34. The molecule has 0 unspecified atom stereocenters. The second-order valence-electron chi connectivity index (χ2n) is 4.02. The molecule has 0 amide bonds. The van der Waals surface area contributed by atoms with Crippen molar-refractivity contribution in [3.8, 4) is 0 Å². The van der Waals surface area contributed by atoms with Gasteiger partial charge in [-0.05, 0) is 12.8 Å². The van der Waals surface area contributed by atoms with E-state index in [1.807, 2.05) is 13.2 Å². The molecule has 1 aliphatic rings. The third-order valence-electron chi connectivity index (χ3n) is 3.10. The molecule has 2 heterocycles. The van der Waals surface area contributed by atoms with Crippen molar-refractivity contribution in [1.82, 2.24) is 9.55 Å². The van der Waals surface area contributed by atoms with Crippen LogP contribution >= 0.6 is 0 Å². The van der Waals surface area contributed by atoms with Crippen LogP contribution in [-0.4, -0.2) is 34.5 Å². The molecule has 0 spiro atoms. The second kappa shape index (κ2) is 4.77. The molecule has 1 fully saturated rings. The number of hydrogen-bond acceptors (Lipinski definition) is 3. The molecule has 15 heavy (non-hydrogen) atoms. The van der Waals surface area contributed by atoms with Crippen molar-refractivity contribution in [2.75, 3.05) is 19.8 Å². The highest BCUT2D eigenvalue weighted by Crippen LogP contribution is 2.26. The fourth-order valence-corrected chi connectivity index (χ4v) is 2.17. The summed E-state index contributed by atoms with van der Waals surface area (Å²) in [5, 5.41) is 8.89. The molecule has 0 saturated carbocycles. The number of nitrogens with zero attached hydrogens (tertiary/aromatic N) is 2. The predicted molar refractivity (Wildman–Crippen MR) is 56.8 cm³/mol. The molecule has 0 bridgehead atoms. The molecule has 1 N–H and O–H groups in total. The Morgan fingerprint density at radius 1 is 1.53 bits per heavy atom. The zero-order chi connectivity index (χ0) is 10.7. The van der Waals surface area contributed by atoms with Gasteiger partial charge in [-0.2, -0.15) is 0 Å². The Balaban J connectivity index is 2.13. The van der Waals surface area contributed by atoms with E-state index in [0.29, 0.717) is 12.3 Å². The number of imidazole rings is 1. The normalized spacial score (nSPS) is 18.3. The van der Waals surface area contributed by atoms with Gasteiger partial charge < -0.3 is 14.4 Å². The molecule has 0 aromatic carbocycles. The lowest BCUT2D eigenvalue weighted by atomic mass is 9.97. The Labute approximate surface area is 89.9 Å². The first-order valence-electron chi connectivity index (χ1n) is 5.52. The summed E-state index contributed by atoms with van der Waals surface area (Å²) < 4.78 is 7.46. The first-order chi connectivity index (χ1) is 7.33.